The molecule has 3 rings (SSSR count). The van der Waals surface area contributed by atoms with Gasteiger partial charge in [-0.3, -0.25) is 4.79 Å². The zero-order valence-corrected chi connectivity index (χ0v) is 11.1. The molecule has 0 atom stereocenters. The van der Waals surface area contributed by atoms with Crippen molar-refractivity contribution >= 4 is 11.0 Å². The second kappa shape index (κ2) is 4.85. The van der Waals surface area contributed by atoms with Crippen LogP contribution in [-0.2, 0) is 6.42 Å². The van der Waals surface area contributed by atoms with E-state index in [0.29, 0.717) is 16.5 Å². The minimum Gasteiger partial charge on any atom is -0.508 e. The summed E-state index contributed by atoms with van der Waals surface area (Å²) in [5.74, 6) is 0.0840. The van der Waals surface area contributed by atoms with E-state index in [1.165, 1.54) is 24.0 Å². The molecule has 0 bridgehead atoms. The van der Waals surface area contributed by atoms with Gasteiger partial charge in [0.05, 0.1) is 10.9 Å². The highest BCUT2D eigenvalue weighted by Gasteiger charge is 2.09. The highest BCUT2D eigenvalue weighted by atomic mass is 16.3. The molecule has 2 aromatic carbocycles. The number of hydrogen-bond donors (Lipinski definition) is 1. The third kappa shape index (κ3) is 2.07. The van der Waals surface area contributed by atoms with Crippen LogP contribution < -0.4 is 5.43 Å². The summed E-state index contributed by atoms with van der Waals surface area (Å²) in [5.41, 5.74) is 2.90. The summed E-state index contributed by atoms with van der Waals surface area (Å²) < 4.78 is 5.46. The number of rotatable bonds is 2. The Morgan fingerprint density at radius 2 is 1.85 bits per heavy atom. The van der Waals surface area contributed by atoms with Gasteiger partial charge in [-0.15, -0.1) is 0 Å². The highest BCUT2D eigenvalue weighted by molar-refractivity contribution is 5.82. The number of fused-ring (bicyclic) bond motifs is 1. The molecule has 0 aliphatic rings. The van der Waals surface area contributed by atoms with Crippen LogP contribution in [0.5, 0.6) is 5.75 Å². The zero-order valence-electron chi connectivity index (χ0n) is 11.1. The zero-order chi connectivity index (χ0) is 14.1. The van der Waals surface area contributed by atoms with Crippen molar-refractivity contribution in [3.63, 3.8) is 0 Å². The molecule has 0 aliphatic carbocycles. The SMILES string of the molecule is CCc1ccc(-c2coc3cc(O)ccc3c2=O)cc1. The molecular formula is C17H14O3. The highest BCUT2D eigenvalue weighted by Crippen LogP contribution is 2.22. The Kier molecular flexibility index (Phi) is 3.03. The van der Waals surface area contributed by atoms with Crippen LogP contribution in [-0.4, -0.2) is 5.11 Å². The Morgan fingerprint density at radius 3 is 2.55 bits per heavy atom. The second-order valence-corrected chi connectivity index (χ2v) is 4.71. The van der Waals surface area contributed by atoms with Crippen LogP contribution in [0.25, 0.3) is 22.1 Å². The van der Waals surface area contributed by atoms with Gasteiger partial charge in [0.2, 0.25) is 0 Å². The van der Waals surface area contributed by atoms with E-state index in [9.17, 15) is 9.90 Å². The van der Waals surface area contributed by atoms with Gasteiger partial charge in [0.15, 0.2) is 5.43 Å². The molecule has 3 aromatic rings. The van der Waals surface area contributed by atoms with Gasteiger partial charge in [-0.05, 0) is 29.7 Å². The Labute approximate surface area is 116 Å². The fourth-order valence-corrected chi connectivity index (χ4v) is 2.24. The summed E-state index contributed by atoms with van der Waals surface area (Å²) >= 11 is 0. The van der Waals surface area contributed by atoms with Gasteiger partial charge in [-0.2, -0.15) is 0 Å². The molecule has 1 aromatic heterocycles. The molecule has 0 amide bonds. The van der Waals surface area contributed by atoms with Crippen molar-refractivity contribution in [2.75, 3.05) is 0 Å². The van der Waals surface area contributed by atoms with Crippen LogP contribution in [0.3, 0.4) is 0 Å². The van der Waals surface area contributed by atoms with E-state index in [0.717, 1.165) is 12.0 Å². The molecule has 1 N–H and O–H groups in total. The lowest BCUT2D eigenvalue weighted by Crippen LogP contribution is -2.04. The van der Waals surface area contributed by atoms with Crippen molar-refractivity contribution in [1.29, 1.82) is 0 Å². The number of hydrogen-bond acceptors (Lipinski definition) is 3. The maximum atomic E-state index is 12.5. The lowest BCUT2D eigenvalue weighted by Gasteiger charge is -2.04. The molecule has 0 fully saturated rings. The monoisotopic (exact) mass is 266 g/mol. The van der Waals surface area contributed by atoms with E-state index < -0.39 is 0 Å². The summed E-state index contributed by atoms with van der Waals surface area (Å²) in [4.78, 5) is 12.5. The summed E-state index contributed by atoms with van der Waals surface area (Å²) in [6.07, 6.45) is 2.41. The van der Waals surface area contributed by atoms with Gasteiger partial charge in [0, 0.05) is 6.07 Å². The molecule has 0 saturated heterocycles. The summed E-state index contributed by atoms with van der Waals surface area (Å²) in [6.45, 7) is 2.09. The van der Waals surface area contributed by atoms with Crippen LogP contribution in [0.15, 0.2) is 57.9 Å². The third-order valence-electron chi connectivity index (χ3n) is 3.43. The quantitative estimate of drug-likeness (QED) is 0.769. The number of phenolic OH excluding ortho intramolecular Hbond substituents is 1. The second-order valence-electron chi connectivity index (χ2n) is 4.71. The summed E-state index contributed by atoms with van der Waals surface area (Å²) in [7, 11) is 0. The van der Waals surface area contributed by atoms with Crippen LogP contribution in [0.4, 0.5) is 0 Å². The van der Waals surface area contributed by atoms with Gasteiger partial charge >= 0.3 is 0 Å². The average Bonchev–Trinajstić information content (AvgIpc) is 2.48. The minimum atomic E-state index is -0.0875. The number of aromatic hydroxyl groups is 1. The van der Waals surface area contributed by atoms with E-state index in [2.05, 4.69) is 6.92 Å². The van der Waals surface area contributed by atoms with E-state index in [1.54, 1.807) is 6.07 Å². The fourth-order valence-electron chi connectivity index (χ4n) is 2.24. The molecule has 3 heteroatoms. The van der Waals surface area contributed by atoms with Gasteiger partial charge in [0.1, 0.15) is 17.6 Å². The first-order chi connectivity index (χ1) is 9.69. The molecule has 0 aliphatic heterocycles. The first-order valence-electron chi connectivity index (χ1n) is 6.53. The Hall–Kier alpha value is -2.55. The Balaban J connectivity index is 2.18. The lowest BCUT2D eigenvalue weighted by atomic mass is 10.0. The molecule has 0 unspecified atom stereocenters. The maximum Gasteiger partial charge on any atom is 0.200 e. The van der Waals surface area contributed by atoms with Gasteiger partial charge < -0.3 is 9.52 Å². The van der Waals surface area contributed by atoms with Crippen LogP contribution >= 0.6 is 0 Å². The van der Waals surface area contributed by atoms with Crippen molar-refractivity contribution < 1.29 is 9.52 Å². The normalized spacial score (nSPS) is 10.8. The largest absolute Gasteiger partial charge is 0.508 e. The van der Waals surface area contributed by atoms with Crippen molar-refractivity contribution in [2.24, 2.45) is 0 Å². The number of benzene rings is 2. The smallest absolute Gasteiger partial charge is 0.200 e. The lowest BCUT2D eigenvalue weighted by molar-refractivity contribution is 0.474. The molecule has 3 nitrogen and oxygen atoms in total. The third-order valence-corrected chi connectivity index (χ3v) is 3.43. The fraction of sp³-hybridized carbons (Fsp3) is 0.118. The van der Waals surface area contributed by atoms with Gasteiger partial charge in [-0.25, -0.2) is 0 Å². The van der Waals surface area contributed by atoms with Crippen molar-refractivity contribution in [3.8, 4) is 16.9 Å². The molecule has 0 radical (unpaired) electrons. The predicted octanol–water partition coefficient (Wildman–Crippen LogP) is 3.73. The number of aryl methyl sites for hydroxylation is 1. The van der Waals surface area contributed by atoms with Crippen LogP contribution in [0, 0.1) is 0 Å². The van der Waals surface area contributed by atoms with Gasteiger partial charge in [0.25, 0.3) is 0 Å². The predicted molar refractivity (Wildman–Crippen MR) is 79.0 cm³/mol. The molecule has 100 valence electrons. The standard InChI is InChI=1S/C17H14O3/c1-2-11-3-5-12(6-4-11)15-10-20-16-9-13(18)7-8-14(16)17(15)19/h3-10,18H,2H2,1H3. The van der Waals surface area contributed by atoms with E-state index in [4.69, 9.17) is 4.42 Å². The maximum absolute atomic E-state index is 12.5. The van der Waals surface area contributed by atoms with Crippen LogP contribution in [0.1, 0.15) is 12.5 Å². The number of phenols is 1. The first kappa shape index (κ1) is 12.5. The van der Waals surface area contributed by atoms with E-state index in [-0.39, 0.29) is 11.2 Å². The van der Waals surface area contributed by atoms with E-state index >= 15 is 0 Å². The van der Waals surface area contributed by atoms with Crippen molar-refractivity contribution in [3.05, 3.63) is 64.5 Å². The van der Waals surface area contributed by atoms with Gasteiger partial charge in [-0.1, -0.05) is 31.2 Å². The van der Waals surface area contributed by atoms with Crippen molar-refractivity contribution in [2.45, 2.75) is 13.3 Å². The summed E-state index contributed by atoms with van der Waals surface area (Å²) in [6, 6.07) is 12.4. The Bertz CT molecular complexity index is 814. The molecular weight excluding hydrogens is 252 g/mol. The molecule has 0 saturated carbocycles. The van der Waals surface area contributed by atoms with Crippen molar-refractivity contribution in [1.82, 2.24) is 0 Å². The summed E-state index contributed by atoms with van der Waals surface area (Å²) in [5, 5.41) is 9.88. The molecule has 20 heavy (non-hydrogen) atoms. The molecule has 1 heterocycles. The first-order valence-corrected chi connectivity index (χ1v) is 6.53. The Morgan fingerprint density at radius 1 is 1.10 bits per heavy atom. The topological polar surface area (TPSA) is 50.4 Å². The minimum absolute atomic E-state index is 0.0840. The molecule has 0 spiro atoms. The van der Waals surface area contributed by atoms with Crippen LogP contribution in [0.2, 0.25) is 0 Å². The van der Waals surface area contributed by atoms with E-state index in [1.807, 2.05) is 24.3 Å². The average molecular weight is 266 g/mol.